The lowest BCUT2D eigenvalue weighted by Crippen LogP contribution is -2.40. The molecule has 25 heavy (non-hydrogen) atoms. The number of hydrogen-bond donors (Lipinski definition) is 3. The highest BCUT2D eigenvalue weighted by molar-refractivity contribution is 5.92. The van der Waals surface area contributed by atoms with Gasteiger partial charge in [-0.2, -0.15) is 5.10 Å². The summed E-state index contributed by atoms with van der Waals surface area (Å²) < 4.78 is 1.66. The van der Waals surface area contributed by atoms with Gasteiger partial charge >= 0.3 is 0 Å². The van der Waals surface area contributed by atoms with Gasteiger partial charge in [-0.1, -0.05) is 12.1 Å². The molecule has 6 heteroatoms. The van der Waals surface area contributed by atoms with Crippen molar-refractivity contribution in [1.29, 1.82) is 0 Å². The summed E-state index contributed by atoms with van der Waals surface area (Å²) in [5, 5.41) is 20.8. The van der Waals surface area contributed by atoms with Crippen molar-refractivity contribution in [2.24, 2.45) is 7.05 Å². The van der Waals surface area contributed by atoms with Gasteiger partial charge in [0.2, 0.25) is 5.91 Å². The van der Waals surface area contributed by atoms with E-state index in [1.54, 1.807) is 24.0 Å². The highest BCUT2D eigenvalue weighted by Crippen LogP contribution is 2.20. The van der Waals surface area contributed by atoms with E-state index in [0.717, 1.165) is 22.4 Å². The molecule has 3 N–H and O–H groups in total. The highest BCUT2D eigenvalue weighted by atomic mass is 16.3. The molecule has 0 saturated heterocycles. The van der Waals surface area contributed by atoms with Crippen molar-refractivity contribution in [2.75, 3.05) is 11.9 Å². The molecule has 1 aromatic carbocycles. The number of amides is 1. The van der Waals surface area contributed by atoms with Crippen molar-refractivity contribution in [2.45, 2.75) is 45.8 Å². The molecule has 0 spiro atoms. The van der Waals surface area contributed by atoms with E-state index in [9.17, 15) is 9.90 Å². The molecule has 0 aliphatic heterocycles. The first-order valence-electron chi connectivity index (χ1n) is 8.50. The number of benzene rings is 1. The Balaban J connectivity index is 1.86. The lowest BCUT2D eigenvalue weighted by Gasteiger charge is -2.25. The van der Waals surface area contributed by atoms with E-state index in [1.807, 2.05) is 46.0 Å². The van der Waals surface area contributed by atoms with Crippen molar-refractivity contribution >= 4 is 11.6 Å². The van der Waals surface area contributed by atoms with Crippen LogP contribution in [0.3, 0.4) is 0 Å². The van der Waals surface area contributed by atoms with Crippen LogP contribution >= 0.6 is 0 Å². The lowest BCUT2D eigenvalue weighted by molar-refractivity contribution is -0.116. The Labute approximate surface area is 149 Å². The molecule has 1 amide bonds. The zero-order valence-electron chi connectivity index (χ0n) is 15.6. The molecule has 6 nitrogen and oxygen atoms in total. The molecule has 0 radical (unpaired) electrons. The number of anilines is 1. The van der Waals surface area contributed by atoms with Gasteiger partial charge in [-0.05, 0) is 44.9 Å². The minimum Gasteiger partial charge on any atom is -0.384 e. The molecular formula is C19H28N4O2. The maximum Gasteiger partial charge on any atom is 0.225 e. The number of nitrogens with one attached hydrogen (secondary N) is 2. The third-order valence-electron chi connectivity index (χ3n) is 4.49. The first-order chi connectivity index (χ1) is 11.7. The number of aliphatic hydroxyl groups is 1. The zero-order chi connectivity index (χ0) is 18.6. The van der Waals surface area contributed by atoms with Gasteiger partial charge in [-0.3, -0.25) is 9.48 Å². The lowest BCUT2D eigenvalue weighted by atomic mass is 9.99. The molecule has 0 saturated carbocycles. The fourth-order valence-corrected chi connectivity index (χ4v) is 2.61. The Bertz CT molecular complexity index is 737. The van der Waals surface area contributed by atoms with Crippen LogP contribution < -0.4 is 10.6 Å². The first kappa shape index (κ1) is 19.1. The summed E-state index contributed by atoms with van der Waals surface area (Å²) in [7, 11) is 1.81. The van der Waals surface area contributed by atoms with Crippen LogP contribution in [0.1, 0.15) is 37.0 Å². The van der Waals surface area contributed by atoms with Crippen molar-refractivity contribution in [3.8, 4) is 0 Å². The van der Waals surface area contributed by atoms with Gasteiger partial charge in [0.05, 0.1) is 6.20 Å². The van der Waals surface area contributed by atoms with Crippen molar-refractivity contribution in [3.05, 3.63) is 47.3 Å². The second kappa shape index (κ2) is 7.80. The fraction of sp³-hybridized carbons (Fsp3) is 0.474. The normalized spacial score (nSPS) is 14.8. The Morgan fingerprint density at radius 1 is 1.40 bits per heavy atom. The van der Waals surface area contributed by atoms with E-state index in [0.29, 0.717) is 13.0 Å². The second-order valence-electron chi connectivity index (χ2n) is 6.96. The summed E-state index contributed by atoms with van der Waals surface area (Å²) in [5.41, 5.74) is 2.79. The van der Waals surface area contributed by atoms with E-state index in [-0.39, 0.29) is 11.9 Å². The summed E-state index contributed by atoms with van der Waals surface area (Å²) in [5.74, 6) is -0.0466. The van der Waals surface area contributed by atoms with E-state index in [2.05, 4.69) is 15.7 Å². The Morgan fingerprint density at radius 3 is 2.76 bits per heavy atom. The maximum absolute atomic E-state index is 12.3. The van der Waals surface area contributed by atoms with E-state index >= 15 is 0 Å². The summed E-state index contributed by atoms with van der Waals surface area (Å²) in [6, 6.07) is 5.81. The minimum absolute atomic E-state index is 0.0466. The van der Waals surface area contributed by atoms with Crippen molar-refractivity contribution in [1.82, 2.24) is 15.1 Å². The standard InChI is InChI=1S/C19H28N4O2/c1-13-7-6-8-17(15(13)3)22-18(24)9-14(2)20-12-19(4,25)16-10-21-23(5)11-16/h6-8,10-11,14,20,25H,9,12H2,1-5H3,(H,22,24). The van der Waals surface area contributed by atoms with Gasteiger partial charge in [0, 0.05) is 43.5 Å². The molecule has 2 unspecified atom stereocenters. The first-order valence-corrected chi connectivity index (χ1v) is 8.50. The molecular weight excluding hydrogens is 316 g/mol. The van der Waals surface area contributed by atoms with Crippen molar-refractivity contribution in [3.63, 3.8) is 0 Å². The molecule has 0 bridgehead atoms. The molecule has 1 heterocycles. The van der Waals surface area contributed by atoms with E-state index in [4.69, 9.17) is 0 Å². The average molecular weight is 344 g/mol. The monoisotopic (exact) mass is 344 g/mol. The number of carbonyl (C=O) groups is 1. The SMILES string of the molecule is Cc1cccc(NC(=O)CC(C)NCC(C)(O)c2cnn(C)c2)c1C. The predicted octanol–water partition coefficient (Wildman–Crippen LogP) is 2.25. The molecule has 2 atom stereocenters. The summed E-state index contributed by atoms with van der Waals surface area (Å²) in [4.78, 5) is 12.3. The summed E-state index contributed by atoms with van der Waals surface area (Å²) >= 11 is 0. The van der Waals surface area contributed by atoms with Gasteiger partial charge in [-0.15, -0.1) is 0 Å². The number of rotatable bonds is 7. The number of nitrogens with zero attached hydrogens (tertiary/aromatic N) is 2. The topological polar surface area (TPSA) is 79.2 Å². The van der Waals surface area contributed by atoms with E-state index in [1.165, 1.54) is 0 Å². The van der Waals surface area contributed by atoms with Crippen LogP contribution in [0.15, 0.2) is 30.6 Å². The van der Waals surface area contributed by atoms with E-state index < -0.39 is 5.60 Å². The Morgan fingerprint density at radius 2 is 2.12 bits per heavy atom. The fourth-order valence-electron chi connectivity index (χ4n) is 2.61. The van der Waals surface area contributed by atoms with Gasteiger partial charge in [0.25, 0.3) is 0 Å². The van der Waals surface area contributed by atoms with Crippen LogP contribution in [0.2, 0.25) is 0 Å². The molecule has 0 fully saturated rings. The zero-order valence-corrected chi connectivity index (χ0v) is 15.6. The number of aromatic nitrogens is 2. The molecule has 2 aromatic rings. The Kier molecular flexibility index (Phi) is 5.98. The minimum atomic E-state index is -1.04. The van der Waals surface area contributed by atoms with Crippen LogP contribution in [-0.2, 0) is 17.4 Å². The van der Waals surface area contributed by atoms with Crippen LogP contribution in [0, 0.1) is 13.8 Å². The number of hydrogen-bond acceptors (Lipinski definition) is 4. The van der Waals surface area contributed by atoms with Gasteiger partial charge in [0.1, 0.15) is 5.60 Å². The van der Waals surface area contributed by atoms with Crippen LogP contribution in [0.4, 0.5) is 5.69 Å². The molecule has 2 rings (SSSR count). The smallest absolute Gasteiger partial charge is 0.225 e. The molecule has 0 aliphatic rings. The third kappa shape index (κ3) is 5.14. The van der Waals surface area contributed by atoms with Crippen LogP contribution in [-0.4, -0.2) is 33.4 Å². The molecule has 0 aliphatic carbocycles. The summed E-state index contributed by atoms with van der Waals surface area (Å²) in [6.45, 7) is 8.03. The van der Waals surface area contributed by atoms with Crippen molar-refractivity contribution < 1.29 is 9.90 Å². The van der Waals surface area contributed by atoms with Gasteiger partial charge < -0.3 is 15.7 Å². The van der Waals surface area contributed by atoms with Gasteiger partial charge in [-0.25, -0.2) is 0 Å². The van der Waals surface area contributed by atoms with Crippen LogP contribution in [0.5, 0.6) is 0 Å². The molecule has 136 valence electrons. The quantitative estimate of drug-likeness (QED) is 0.720. The predicted molar refractivity (Wildman–Crippen MR) is 99.4 cm³/mol. The number of aryl methyl sites for hydroxylation is 2. The average Bonchev–Trinajstić information content (AvgIpc) is 2.97. The van der Waals surface area contributed by atoms with Gasteiger partial charge in [0.15, 0.2) is 0 Å². The summed E-state index contributed by atoms with van der Waals surface area (Å²) in [6.07, 6.45) is 3.77. The second-order valence-corrected chi connectivity index (χ2v) is 6.96. The third-order valence-corrected chi connectivity index (χ3v) is 4.49. The van der Waals surface area contributed by atoms with Crippen LogP contribution in [0.25, 0.3) is 0 Å². The molecule has 1 aromatic heterocycles. The maximum atomic E-state index is 12.3. The number of carbonyl (C=O) groups excluding carboxylic acids is 1. The largest absolute Gasteiger partial charge is 0.384 e. The Hall–Kier alpha value is -2.18. The highest BCUT2D eigenvalue weighted by Gasteiger charge is 2.25.